The lowest BCUT2D eigenvalue weighted by atomic mass is 10.0. The molecule has 13 aromatic rings. The fourth-order valence-corrected chi connectivity index (χ4v) is 9.43. The van der Waals surface area contributed by atoms with Crippen molar-refractivity contribution in [2.45, 2.75) is 0 Å². The molecule has 0 aliphatic rings. The second-order valence-corrected chi connectivity index (χ2v) is 16.0. The number of fused-ring (bicyclic) bond motifs is 9. The smallest absolute Gasteiger partial charge is 0.238 e. The van der Waals surface area contributed by atoms with E-state index in [0.29, 0.717) is 17.6 Å². The van der Waals surface area contributed by atoms with Crippen LogP contribution in [0.4, 0.5) is 0 Å². The first-order chi connectivity index (χ1) is 31.2. The van der Waals surface area contributed by atoms with Gasteiger partial charge in [-0.2, -0.15) is 9.97 Å². The second kappa shape index (κ2) is 14.0. The van der Waals surface area contributed by atoms with E-state index in [4.69, 9.17) is 19.4 Å². The average molecular weight is 806 g/mol. The summed E-state index contributed by atoms with van der Waals surface area (Å²) in [7, 11) is 0. The van der Waals surface area contributed by atoms with E-state index in [-0.39, 0.29) is 0 Å². The first-order valence-corrected chi connectivity index (χ1v) is 21.2. The molecule has 13 rings (SSSR count). The van der Waals surface area contributed by atoms with E-state index in [2.05, 4.69) is 203 Å². The van der Waals surface area contributed by atoms with Crippen LogP contribution in [-0.4, -0.2) is 24.1 Å². The minimum Gasteiger partial charge on any atom is -0.456 e. The van der Waals surface area contributed by atoms with E-state index < -0.39 is 0 Å². The highest BCUT2D eigenvalue weighted by atomic mass is 16.3. The molecule has 0 spiro atoms. The van der Waals surface area contributed by atoms with Gasteiger partial charge in [-0.3, -0.25) is 4.57 Å². The molecule has 6 heteroatoms. The predicted octanol–water partition coefficient (Wildman–Crippen LogP) is 14.6. The molecule has 0 aliphatic heterocycles. The van der Waals surface area contributed by atoms with Crippen molar-refractivity contribution in [3.63, 3.8) is 0 Å². The molecule has 0 bridgehead atoms. The number of nitrogens with zero attached hydrogens (tertiary/aromatic N) is 5. The average Bonchev–Trinajstić information content (AvgIpc) is 4.01. The monoisotopic (exact) mass is 805 g/mol. The summed E-state index contributed by atoms with van der Waals surface area (Å²) in [4.78, 5) is 15.9. The van der Waals surface area contributed by atoms with Gasteiger partial charge in [-0.05, 0) is 89.0 Å². The van der Waals surface area contributed by atoms with Gasteiger partial charge in [0.25, 0.3) is 0 Å². The third-order valence-corrected chi connectivity index (χ3v) is 12.4. The van der Waals surface area contributed by atoms with Crippen LogP contribution in [0, 0.1) is 0 Å². The highest BCUT2D eigenvalue weighted by Gasteiger charge is 2.20. The fraction of sp³-hybridized carbons (Fsp3) is 0. The Balaban J connectivity index is 1.02. The Morgan fingerprint density at radius 3 is 1.44 bits per heavy atom. The van der Waals surface area contributed by atoms with Gasteiger partial charge in [0.1, 0.15) is 11.2 Å². The molecular formula is C57H35N5O. The maximum atomic E-state index is 6.38. The number of para-hydroxylation sites is 3. The zero-order chi connectivity index (χ0) is 41.4. The quantitative estimate of drug-likeness (QED) is 0.168. The zero-order valence-corrected chi connectivity index (χ0v) is 33.9. The van der Waals surface area contributed by atoms with Gasteiger partial charge in [-0.25, -0.2) is 4.98 Å². The number of rotatable bonds is 6. The van der Waals surface area contributed by atoms with Crippen LogP contribution < -0.4 is 0 Å². The first-order valence-electron chi connectivity index (χ1n) is 21.2. The van der Waals surface area contributed by atoms with Gasteiger partial charge < -0.3 is 8.98 Å². The van der Waals surface area contributed by atoms with Crippen LogP contribution in [0.15, 0.2) is 217 Å². The molecule has 0 aliphatic carbocycles. The maximum Gasteiger partial charge on any atom is 0.238 e. The van der Waals surface area contributed by atoms with Crippen molar-refractivity contribution in [3.8, 4) is 56.7 Å². The fourth-order valence-electron chi connectivity index (χ4n) is 9.43. The Bertz CT molecular complexity index is 3920. The molecule has 0 unspecified atom stereocenters. The Labute approximate surface area is 361 Å². The van der Waals surface area contributed by atoms with Gasteiger partial charge in [0, 0.05) is 49.1 Å². The van der Waals surface area contributed by atoms with Gasteiger partial charge >= 0.3 is 0 Å². The number of furan rings is 1. The molecule has 4 aromatic heterocycles. The van der Waals surface area contributed by atoms with Crippen molar-refractivity contribution in [1.82, 2.24) is 24.1 Å². The third kappa shape index (κ3) is 5.69. The largest absolute Gasteiger partial charge is 0.456 e. The van der Waals surface area contributed by atoms with Crippen molar-refractivity contribution in [2.24, 2.45) is 0 Å². The Kier molecular flexibility index (Phi) is 7.80. The van der Waals surface area contributed by atoms with Crippen LogP contribution in [-0.2, 0) is 0 Å². The molecule has 0 atom stereocenters. The van der Waals surface area contributed by atoms with E-state index in [1.54, 1.807) is 0 Å². The van der Waals surface area contributed by atoms with Crippen LogP contribution in [0.1, 0.15) is 0 Å². The molecule has 294 valence electrons. The summed E-state index contributed by atoms with van der Waals surface area (Å²) in [6.45, 7) is 0. The van der Waals surface area contributed by atoms with Crippen molar-refractivity contribution in [1.29, 1.82) is 0 Å². The summed E-state index contributed by atoms with van der Waals surface area (Å²) in [5.74, 6) is 1.66. The minimum atomic E-state index is 0.536. The lowest BCUT2D eigenvalue weighted by molar-refractivity contribution is 0.669. The van der Waals surface area contributed by atoms with Crippen LogP contribution in [0.5, 0.6) is 0 Å². The second-order valence-electron chi connectivity index (χ2n) is 16.0. The topological polar surface area (TPSA) is 61.7 Å². The first kappa shape index (κ1) is 35.2. The van der Waals surface area contributed by atoms with Crippen LogP contribution in [0.3, 0.4) is 0 Å². The summed E-state index contributed by atoms with van der Waals surface area (Å²) >= 11 is 0. The van der Waals surface area contributed by atoms with Gasteiger partial charge in [0.05, 0.1) is 22.1 Å². The van der Waals surface area contributed by atoms with Crippen molar-refractivity contribution >= 4 is 65.6 Å². The minimum absolute atomic E-state index is 0.536. The maximum absolute atomic E-state index is 6.38. The van der Waals surface area contributed by atoms with E-state index in [1.165, 1.54) is 27.5 Å². The summed E-state index contributed by atoms with van der Waals surface area (Å²) < 4.78 is 10.9. The van der Waals surface area contributed by atoms with Crippen molar-refractivity contribution < 1.29 is 4.42 Å². The number of benzene rings is 9. The Hall–Kier alpha value is -8.61. The van der Waals surface area contributed by atoms with Gasteiger partial charge in [-0.1, -0.05) is 146 Å². The number of hydrogen-bond donors (Lipinski definition) is 0. The lowest BCUT2D eigenvalue weighted by Gasteiger charge is -2.13. The normalized spacial score (nSPS) is 11.8. The number of aromatic nitrogens is 5. The molecule has 63 heavy (non-hydrogen) atoms. The van der Waals surface area contributed by atoms with Gasteiger partial charge in [0.15, 0.2) is 11.6 Å². The van der Waals surface area contributed by atoms with Crippen molar-refractivity contribution in [3.05, 3.63) is 212 Å². The molecule has 0 amide bonds. The molecule has 0 N–H and O–H groups in total. The summed E-state index contributed by atoms with van der Waals surface area (Å²) in [5, 5.41) is 6.78. The van der Waals surface area contributed by atoms with Crippen LogP contribution in [0.2, 0.25) is 0 Å². The molecule has 6 nitrogen and oxygen atoms in total. The molecule has 0 saturated heterocycles. The molecule has 0 fully saturated rings. The van der Waals surface area contributed by atoms with Crippen LogP contribution >= 0.6 is 0 Å². The summed E-state index contributed by atoms with van der Waals surface area (Å²) in [6, 6.07) is 74.6. The van der Waals surface area contributed by atoms with Crippen molar-refractivity contribution in [2.75, 3.05) is 0 Å². The van der Waals surface area contributed by atoms with E-state index in [0.717, 1.165) is 77.2 Å². The Morgan fingerprint density at radius 2 is 0.778 bits per heavy atom. The Morgan fingerprint density at radius 1 is 0.286 bits per heavy atom. The molecule has 0 radical (unpaired) electrons. The van der Waals surface area contributed by atoms with E-state index in [1.807, 2.05) is 18.2 Å². The highest BCUT2D eigenvalue weighted by molar-refractivity contribution is 6.12. The highest BCUT2D eigenvalue weighted by Crippen LogP contribution is 2.38. The van der Waals surface area contributed by atoms with E-state index >= 15 is 0 Å². The zero-order valence-electron chi connectivity index (χ0n) is 33.9. The summed E-state index contributed by atoms with van der Waals surface area (Å²) in [5.41, 5.74) is 13.4. The number of hydrogen-bond acceptors (Lipinski definition) is 4. The third-order valence-electron chi connectivity index (χ3n) is 12.4. The molecular weight excluding hydrogens is 771 g/mol. The van der Waals surface area contributed by atoms with Crippen LogP contribution in [0.25, 0.3) is 122 Å². The lowest BCUT2D eigenvalue weighted by Crippen LogP contribution is -2.06. The van der Waals surface area contributed by atoms with E-state index in [9.17, 15) is 0 Å². The molecule has 4 heterocycles. The molecule has 0 saturated carbocycles. The van der Waals surface area contributed by atoms with Gasteiger partial charge in [-0.15, -0.1) is 0 Å². The SMILES string of the molecule is c1ccc(-c2ccc3c(c2)c2ccccc2n3-c2cccc(-c3nc(-c4ccc5c(c4)oc4ccccc45)nc(-n4c5ccccc5c5cc(-c6ccccc6)ccc54)n3)c2)cc1. The predicted molar refractivity (Wildman–Crippen MR) is 258 cm³/mol. The standard InChI is InChI=1S/C57H35N5O/c1-3-14-36(15-4-1)38-27-30-51-47(33-38)43-20-7-10-23-49(43)61(51)42-19-13-18-40(32-42)55-58-56(41-26-29-46-45-22-9-12-25-53(45)63-54(46)35-41)60-57(59-55)62-50-24-11-8-21-44(50)48-34-39(28-31-52(48)62)37-16-5-2-6-17-37/h1-35H. The van der Waals surface area contributed by atoms with Gasteiger partial charge in [0.2, 0.25) is 5.95 Å². The summed E-state index contributed by atoms with van der Waals surface area (Å²) in [6.07, 6.45) is 0. The molecule has 9 aromatic carbocycles.